The fourth-order valence-corrected chi connectivity index (χ4v) is 5.08. The molecule has 226 valence electrons. The molecule has 4 rings (SSSR count). The number of likely N-dealkylation sites (N-methyl/N-ethyl adjacent to an activating group) is 5. The molecule has 0 aromatic rings. The van der Waals surface area contributed by atoms with Gasteiger partial charge in [0.05, 0.1) is 0 Å². The van der Waals surface area contributed by atoms with Crippen molar-refractivity contribution in [2.24, 2.45) is 0 Å². The molecule has 0 aromatic heterocycles. The van der Waals surface area contributed by atoms with E-state index in [1.54, 1.807) is 5.57 Å². The minimum absolute atomic E-state index is 1.14. The van der Waals surface area contributed by atoms with Crippen LogP contribution in [0.5, 0.6) is 0 Å². The van der Waals surface area contributed by atoms with Gasteiger partial charge in [-0.15, -0.1) is 0 Å². The van der Waals surface area contributed by atoms with Crippen molar-refractivity contribution in [3.05, 3.63) is 11.6 Å². The average molecular weight is 538 g/mol. The zero-order valence-electron chi connectivity index (χ0n) is 27.1. The quantitative estimate of drug-likeness (QED) is 0.437. The largest absolute Gasteiger partial charge is 0.306 e. The molecular weight excluding hydrogens is 470 g/mol. The zero-order valence-corrected chi connectivity index (χ0v) is 27.1. The van der Waals surface area contributed by atoms with E-state index in [1.165, 1.54) is 130 Å². The maximum absolute atomic E-state index is 2.42. The van der Waals surface area contributed by atoms with Gasteiger partial charge in [0.15, 0.2) is 0 Å². The summed E-state index contributed by atoms with van der Waals surface area (Å²) in [5.41, 5.74) is 1.55. The van der Waals surface area contributed by atoms with Gasteiger partial charge in [-0.3, -0.25) is 0 Å². The van der Waals surface area contributed by atoms with Crippen LogP contribution in [0.15, 0.2) is 11.6 Å². The van der Waals surface area contributed by atoms with Gasteiger partial charge >= 0.3 is 0 Å². The van der Waals surface area contributed by atoms with Crippen LogP contribution < -0.4 is 0 Å². The average Bonchev–Trinajstić information content (AvgIpc) is 3.18. The summed E-state index contributed by atoms with van der Waals surface area (Å²) < 4.78 is 0. The highest BCUT2D eigenvalue weighted by Crippen LogP contribution is 2.08. The third-order valence-corrected chi connectivity index (χ3v) is 8.16. The van der Waals surface area contributed by atoms with E-state index in [0.717, 1.165) is 6.54 Å². The molecule has 7 heteroatoms. The highest BCUT2D eigenvalue weighted by molar-refractivity contribution is 5.01. The molecule has 0 bridgehead atoms. The fourth-order valence-electron chi connectivity index (χ4n) is 5.08. The fraction of sp³-hybridized carbons (Fsp3) is 0.935. The Morgan fingerprint density at radius 3 is 1.03 bits per heavy atom. The van der Waals surface area contributed by atoms with Crippen LogP contribution in [0.4, 0.5) is 0 Å². The molecule has 7 nitrogen and oxygen atoms in total. The minimum atomic E-state index is 1.14. The first-order valence-electron chi connectivity index (χ1n) is 15.6. The van der Waals surface area contributed by atoms with Gasteiger partial charge in [0.1, 0.15) is 0 Å². The van der Waals surface area contributed by atoms with Crippen LogP contribution in [0, 0.1) is 0 Å². The Labute approximate surface area is 238 Å². The molecule has 0 amide bonds. The molecule has 3 saturated heterocycles. The van der Waals surface area contributed by atoms with E-state index in [2.05, 4.69) is 96.6 Å². The Bertz CT molecular complexity index is 543. The van der Waals surface area contributed by atoms with Crippen molar-refractivity contribution in [2.45, 2.75) is 51.9 Å². The van der Waals surface area contributed by atoms with Crippen molar-refractivity contribution in [3.63, 3.8) is 0 Å². The third-order valence-electron chi connectivity index (χ3n) is 8.16. The number of hydrogen-bond acceptors (Lipinski definition) is 7. The zero-order chi connectivity index (χ0) is 28.2. The van der Waals surface area contributed by atoms with Crippen molar-refractivity contribution in [1.82, 2.24) is 34.3 Å². The summed E-state index contributed by atoms with van der Waals surface area (Å²) in [5, 5.41) is 0. The standard InChI is InChI=1S/2C8H18N2.C8H15N.C7H16N2/c1-9-5-3-7-10(2)8-4-6-9;1-9-5-3-4-6-10(2)8-7-9;1-8-4-3-6-9(2)7-5-8;1-8-4-3-5-9(2)7-6-8/h2*3-8H2,1-2H3;5H,3-4,6-7H2,1-2H3;3-7H2,1-2H3. The predicted molar refractivity (Wildman–Crippen MR) is 169 cm³/mol. The second-order valence-electron chi connectivity index (χ2n) is 12.5. The van der Waals surface area contributed by atoms with E-state index in [0.29, 0.717) is 0 Å². The van der Waals surface area contributed by atoms with Gasteiger partial charge in [0, 0.05) is 32.7 Å². The monoisotopic (exact) mass is 538 g/mol. The second kappa shape index (κ2) is 22.2. The molecule has 38 heavy (non-hydrogen) atoms. The number of nitrogens with zero attached hydrogens (tertiary/aromatic N) is 7. The first-order chi connectivity index (χ1) is 18.2. The first kappa shape index (κ1) is 35.5. The van der Waals surface area contributed by atoms with Crippen molar-refractivity contribution >= 4 is 0 Å². The lowest BCUT2D eigenvalue weighted by Gasteiger charge is -2.25. The summed E-state index contributed by atoms with van der Waals surface area (Å²) in [6.07, 6.45) is 11.7. The van der Waals surface area contributed by atoms with Crippen molar-refractivity contribution in [3.8, 4) is 0 Å². The Morgan fingerprint density at radius 1 is 0.368 bits per heavy atom. The van der Waals surface area contributed by atoms with E-state index in [9.17, 15) is 0 Å². The van der Waals surface area contributed by atoms with Gasteiger partial charge in [-0.1, -0.05) is 11.6 Å². The lowest BCUT2D eigenvalue weighted by Crippen LogP contribution is -2.34. The molecule has 0 aliphatic carbocycles. The molecule has 0 saturated carbocycles. The number of hydrogen-bond donors (Lipinski definition) is 0. The van der Waals surface area contributed by atoms with E-state index in [1.807, 2.05) is 0 Å². The van der Waals surface area contributed by atoms with E-state index in [-0.39, 0.29) is 0 Å². The van der Waals surface area contributed by atoms with E-state index < -0.39 is 0 Å². The lowest BCUT2D eigenvalue weighted by molar-refractivity contribution is 0.222. The maximum atomic E-state index is 2.42. The Morgan fingerprint density at radius 2 is 0.658 bits per heavy atom. The van der Waals surface area contributed by atoms with Gasteiger partial charge in [-0.05, 0) is 160 Å². The molecule has 0 N–H and O–H groups in total. The number of allylic oxidation sites excluding steroid dienone is 1. The molecule has 4 aliphatic rings. The Balaban J connectivity index is 0.000000254. The van der Waals surface area contributed by atoms with Crippen LogP contribution in [-0.4, -0.2) is 175 Å². The van der Waals surface area contributed by atoms with Gasteiger partial charge in [-0.2, -0.15) is 0 Å². The van der Waals surface area contributed by atoms with Gasteiger partial charge in [0.25, 0.3) is 0 Å². The summed E-state index contributed by atoms with van der Waals surface area (Å²) >= 11 is 0. The summed E-state index contributed by atoms with van der Waals surface area (Å²) in [4.78, 5) is 16.8. The molecular formula is C31H67N7. The highest BCUT2D eigenvalue weighted by Gasteiger charge is 2.07. The smallest absolute Gasteiger partial charge is 0.0162 e. The summed E-state index contributed by atoms with van der Waals surface area (Å²) in [6.45, 7) is 19.7. The lowest BCUT2D eigenvalue weighted by atomic mass is 10.2. The van der Waals surface area contributed by atoms with Crippen molar-refractivity contribution in [1.29, 1.82) is 0 Å². The van der Waals surface area contributed by atoms with Crippen LogP contribution in [0.3, 0.4) is 0 Å². The molecule has 4 heterocycles. The highest BCUT2D eigenvalue weighted by atomic mass is 15.2. The summed E-state index contributed by atoms with van der Waals surface area (Å²) in [5.74, 6) is 0. The van der Waals surface area contributed by atoms with E-state index >= 15 is 0 Å². The summed E-state index contributed by atoms with van der Waals surface area (Å²) in [7, 11) is 15.4. The summed E-state index contributed by atoms with van der Waals surface area (Å²) in [6, 6.07) is 0. The van der Waals surface area contributed by atoms with Crippen LogP contribution in [0.25, 0.3) is 0 Å². The van der Waals surface area contributed by atoms with Crippen molar-refractivity contribution < 1.29 is 0 Å². The molecule has 4 aliphatic heterocycles. The van der Waals surface area contributed by atoms with Crippen molar-refractivity contribution in [2.75, 3.05) is 141 Å². The maximum Gasteiger partial charge on any atom is 0.0162 e. The van der Waals surface area contributed by atoms with Crippen LogP contribution in [0.2, 0.25) is 0 Å². The van der Waals surface area contributed by atoms with Crippen LogP contribution in [0.1, 0.15) is 51.9 Å². The van der Waals surface area contributed by atoms with Gasteiger partial charge in [-0.25, -0.2) is 0 Å². The van der Waals surface area contributed by atoms with Gasteiger partial charge < -0.3 is 34.3 Å². The van der Waals surface area contributed by atoms with Crippen LogP contribution >= 0.6 is 0 Å². The normalized spacial score (nSPS) is 25.2. The molecule has 0 radical (unpaired) electrons. The predicted octanol–water partition coefficient (Wildman–Crippen LogP) is 3.20. The first-order valence-corrected chi connectivity index (χ1v) is 15.6. The SMILES string of the molecule is CC1=CCN(C)CCC1.CN1CCCCN(C)CC1.CN1CCCN(C)CC1.CN1CCCN(C)CCC1. The molecule has 0 aromatic carbocycles. The second-order valence-corrected chi connectivity index (χ2v) is 12.5. The van der Waals surface area contributed by atoms with Gasteiger partial charge in [0.2, 0.25) is 0 Å². The minimum Gasteiger partial charge on any atom is -0.306 e. The Hall–Kier alpha value is -0.540. The van der Waals surface area contributed by atoms with Crippen LogP contribution in [-0.2, 0) is 0 Å². The van der Waals surface area contributed by atoms with E-state index in [4.69, 9.17) is 0 Å². The molecule has 0 atom stereocenters. The molecule has 3 fully saturated rings. The number of rotatable bonds is 0. The Kier molecular flexibility index (Phi) is 20.7. The topological polar surface area (TPSA) is 22.7 Å². The third kappa shape index (κ3) is 20.4. The molecule has 0 unspecified atom stereocenters. The molecule has 0 spiro atoms.